The van der Waals surface area contributed by atoms with Crippen LogP contribution in [0.2, 0.25) is 5.02 Å². The predicted octanol–water partition coefficient (Wildman–Crippen LogP) is 3.75. The highest BCUT2D eigenvalue weighted by Crippen LogP contribution is 2.15. The first-order chi connectivity index (χ1) is 12.4. The van der Waals surface area contributed by atoms with Gasteiger partial charge in [0.2, 0.25) is 5.91 Å². The smallest absolute Gasteiger partial charge is 0.307 e. The summed E-state index contributed by atoms with van der Waals surface area (Å²) in [6, 6.07) is 10.3. The molecule has 2 aromatic rings. The molecule has 0 aliphatic rings. The lowest BCUT2D eigenvalue weighted by Crippen LogP contribution is -2.34. The van der Waals surface area contributed by atoms with Gasteiger partial charge < -0.3 is 9.64 Å². The molecule has 0 bridgehead atoms. The van der Waals surface area contributed by atoms with Gasteiger partial charge in [-0.2, -0.15) is 0 Å². The highest BCUT2D eigenvalue weighted by molar-refractivity contribution is 6.30. The Morgan fingerprint density at radius 1 is 1.08 bits per heavy atom. The van der Waals surface area contributed by atoms with Gasteiger partial charge in [-0.1, -0.05) is 29.8 Å². The third-order valence-electron chi connectivity index (χ3n) is 3.77. The van der Waals surface area contributed by atoms with E-state index in [9.17, 15) is 18.4 Å². The van der Waals surface area contributed by atoms with Gasteiger partial charge in [-0.05, 0) is 35.4 Å². The SMILES string of the molecule is COC(=O)CCN(Cc1ccc(F)c(F)c1)C(=O)Cc1cccc(Cl)c1. The Labute approximate surface area is 155 Å². The van der Waals surface area contributed by atoms with E-state index in [0.29, 0.717) is 10.6 Å². The monoisotopic (exact) mass is 381 g/mol. The molecule has 2 rings (SSSR count). The molecule has 0 heterocycles. The second kappa shape index (κ2) is 9.29. The fourth-order valence-electron chi connectivity index (χ4n) is 2.41. The molecule has 7 heteroatoms. The molecule has 0 fully saturated rings. The summed E-state index contributed by atoms with van der Waals surface area (Å²) in [5, 5.41) is 0.511. The lowest BCUT2D eigenvalue weighted by molar-refractivity contribution is -0.141. The van der Waals surface area contributed by atoms with Gasteiger partial charge in [-0.3, -0.25) is 9.59 Å². The van der Waals surface area contributed by atoms with Gasteiger partial charge in [0.15, 0.2) is 11.6 Å². The summed E-state index contributed by atoms with van der Waals surface area (Å²) in [6.45, 7) is 0.151. The molecule has 138 valence electrons. The summed E-state index contributed by atoms with van der Waals surface area (Å²) in [6.07, 6.45) is 0.0763. The van der Waals surface area contributed by atoms with Crippen molar-refractivity contribution in [1.82, 2.24) is 4.90 Å². The quantitative estimate of drug-likeness (QED) is 0.686. The first-order valence-electron chi connectivity index (χ1n) is 7.92. The zero-order chi connectivity index (χ0) is 19.1. The van der Waals surface area contributed by atoms with Crippen molar-refractivity contribution in [2.45, 2.75) is 19.4 Å². The molecule has 4 nitrogen and oxygen atoms in total. The zero-order valence-electron chi connectivity index (χ0n) is 14.2. The molecule has 0 saturated carbocycles. The van der Waals surface area contributed by atoms with Crippen LogP contribution in [0.25, 0.3) is 0 Å². The summed E-state index contributed by atoms with van der Waals surface area (Å²) in [5.41, 5.74) is 1.14. The maximum atomic E-state index is 13.4. The molecule has 0 radical (unpaired) electrons. The summed E-state index contributed by atoms with van der Waals surface area (Å²) in [5.74, 6) is -2.67. The first-order valence-corrected chi connectivity index (χ1v) is 8.30. The Balaban J connectivity index is 2.14. The topological polar surface area (TPSA) is 46.6 Å². The van der Waals surface area contributed by atoms with Crippen molar-refractivity contribution in [3.05, 3.63) is 70.2 Å². The molecule has 0 aliphatic heterocycles. The number of benzene rings is 2. The van der Waals surface area contributed by atoms with Crippen molar-refractivity contribution in [1.29, 1.82) is 0 Å². The molecule has 1 amide bonds. The molecule has 26 heavy (non-hydrogen) atoms. The van der Waals surface area contributed by atoms with E-state index in [0.717, 1.165) is 17.7 Å². The summed E-state index contributed by atoms with van der Waals surface area (Å²) >= 11 is 5.93. The molecule has 0 spiro atoms. The summed E-state index contributed by atoms with van der Waals surface area (Å²) < 4.78 is 31.1. The van der Waals surface area contributed by atoms with Crippen molar-refractivity contribution in [2.75, 3.05) is 13.7 Å². The standard InChI is InChI=1S/C19H18ClF2NO3/c1-26-19(25)7-8-23(12-14-5-6-16(21)17(22)10-14)18(24)11-13-3-2-4-15(20)9-13/h2-6,9-10H,7-8,11-12H2,1H3. The van der Waals surface area contributed by atoms with Crippen LogP contribution in [-0.2, 0) is 27.3 Å². The molecule has 0 unspecified atom stereocenters. The second-order valence-corrected chi connectivity index (χ2v) is 6.13. The molecule has 2 aromatic carbocycles. The Morgan fingerprint density at radius 3 is 2.50 bits per heavy atom. The fourth-order valence-corrected chi connectivity index (χ4v) is 2.62. The normalized spacial score (nSPS) is 10.5. The molecule has 0 atom stereocenters. The van der Waals surface area contributed by atoms with Crippen LogP contribution in [-0.4, -0.2) is 30.4 Å². The molecule has 0 aromatic heterocycles. The van der Waals surface area contributed by atoms with Crippen molar-refractivity contribution < 1.29 is 23.1 Å². The number of methoxy groups -OCH3 is 1. The van der Waals surface area contributed by atoms with E-state index in [1.165, 1.54) is 18.1 Å². The molecular weight excluding hydrogens is 364 g/mol. The van der Waals surface area contributed by atoms with Gasteiger partial charge in [-0.25, -0.2) is 8.78 Å². The van der Waals surface area contributed by atoms with Crippen LogP contribution >= 0.6 is 11.6 Å². The number of hydrogen-bond donors (Lipinski definition) is 0. The number of ether oxygens (including phenoxy) is 1. The average molecular weight is 382 g/mol. The van der Waals surface area contributed by atoms with E-state index in [4.69, 9.17) is 11.6 Å². The molecule has 0 aliphatic carbocycles. The number of halogens is 3. The molecule has 0 saturated heterocycles. The van der Waals surface area contributed by atoms with Gasteiger partial charge >= 0.3 is 5.97 Å². The van der Waals surface area contributed by atoms with E-state index < -0.39 is 17.6 Å². The van der Waals surface area contributed by atoms with Crippen LogP contribution in [0, 0.1) is 11.6 Å². The van der Waals surface area contributed by atoms with E-state index >= 15 is 0 Å². The van der Waals surface area contributed by atoms with E-state index in [1.807, 2.05) is 0 Å². The largest absolute Gasteiger partial charge is 0.469 e. The number of carbonyl (C=O) groups excluding carboxylic acids is 2. The van der Waals surface area contributed by atoms with Crippen molar-refractivity contribution in [3.8, 4) is 0 Å². The van der Waals surface area contributed by atoms with Gasteiger partial charge in [-0.15, -0.1) is 0 Å². The van der Waals surface area contributed by atoms with E-state index in [-0.39, 0.29) is 31.8 Å². The lowest BCUT2D eigenvalue weighted by Gasteiger charge is -2.23. The fraction of sp³-hybridized carbons (Fsp3) is 0.263. The van der Waals surface area contributed by atoms with Gasteiger partial charge in [0.1, 0.15) is 0 Å². The van der Waals surface area contributed by atoms with Gasteiger partial charge in [0.25, 0.3) is 0 Å². The Hall–Kier alpha value is -2.47. The second-order valence-electron chi connectivity index (χ2n) is 5.70. The third-order valence-corrected chi connectivity index (χ3v) is 4.00. The van der Waals surface area contributed by atoms with E-state index in [1.54, 1.807) is 24.3 Å². The van der Waals surface area contributed by atoms with Crippen LogP contribution in [0.1, 0.15) is 17.5 Å². The van der Waals surface area contributed by atoms with Crippen LogP contribution in [0.3, 0.4) is 0 Å². The van der Waals surface area contributed by atoms with Crippen LogP contribution in [0.5, 0.6) is 0 Å². The number of amides is 1. The first kappa shape index (κ1) is 19.8. The number of esters is 1. The van der Waals surface area contributed by atoms with Gasteiger partial charge in [0, 0.05) is 18.1 Å². The van der Waals surface area contributed by atoms with Gasteiger partial charge in [0.05, 0.1) is 20.0 Å². The summed E-state index contributed by atoms with van der Waals surface area (Å²) in [7, 11) is 1.26. The maximum Gasteiger partial charge on any atom is 0.307 e. The maximum absolute atomic E-state index is 13.4. The number of nitrogens with zero attached hydrogens (tertiary/aromatic N) is 1. The highest BCUT2D eigenvalue weighted by Gasteiger charge is 2.17. The third kappa shape index (κ3) is 5.81. The number of rotatable bonds is 7. The number of hydrogen-bond acceptors (Lipinski definition) is 3. The lowest BCUT2D eigenvalue weighted by atomic mass is 10.1. The van der Waals surface area contributed by atoms with Crippen LogP contribution < -0.4 is 0 Å². The average Bonchev–Trinajstić information content (AvgIpc) is 2.61. The molecular formula is C19H18ClF2NO3. The Bertz CT molecular complexity index is 798. The Kier molecular flexibility index (Phi) is 7.09. The number of carbonyl (C=O) groups is 2. The minimum atomic E-state index is -0.988. The van der Waals surface area contributed by atoms with E-state index in [2.05, 4.69) is 4.74 Å². The van der Waals surface area contributed by atoms with Crippen LogP contribution in [0.15, 0.2) is 42.5 Å². The van der Waals surface area contributed by atoms with Crippen LogP contribution in [0.4, 0.5) is 8.78 Å². The minimum absolute atomic E-state index is 0.00145. The highest BCUT2D eigenvalue weighted by atomic mass is 35.5. The molecule has 0 N–H and O–H groups in total. The van der Waals surface area contributed by atoms with Crippen molar-refractivity contribution in [2.24, 2.45) is 0 Å². The predicted molar refractivity (Wildman–Crippen MR) is 93.6 cm³/mol. The van der Waals surface area contributed by atoms with Crippen molar-refractivity contribution in [3.63, 3.8) is 0 Å². The Morgan fingerprint density at radius 2 is 1.85 bits per heavy atom. The zero-order valence-corrected chi connectivity index (χ0v) is 14.9. The van der Waals surface area contributed by atoms with Crippen molar-refractivity contribution >= 4 is 23.5 Å². The minimum Gasteiger partial charge on any atom is -0.469 e. The summed E-state index contributed by atoms with van der Waals surface area (Å²) in [4.78, 5) is 25.5.